The van der Waals surface area contributed by atoms with E-state index >= 15 is 0 Å². The van der Waals surface area contributed by atoms with Crippen LogP contribution in [0.4, 0.5) is 11.4 Å². The first kappa shape index (κ1) is 23.1. The minimum absolute atomic E-state index is 0.181. The van der Waals surface area contributed by atoms with Crippen LogP contribution < -0.4 is 15.0 Å². The summed E-state index contributed by atoms with van der Waals surface area (Å²) in [6.07, 6.45) is 3.27. The Morgan fingerprint density at radius 1 is 1.00 bits per heavy atom. The van der Waals surface area contributed by atoms with Gasteiger partial charge >= 0.3 is 0 Å². The number of halogens is 1. The SMILES string of the molecule is COc1ccc(Br)cc1/C=C/C(=O)Nc1ccc(N2CCN(Cc3ccccc3)CC2)cc1. The molecule has 6 heteroatoms. The average Bonchev–Trinajstić information content (AvgIpc) is 2.84. The molecule has 1 heterocycles. The number of anilines is 2. The predicted molar refractivity (Wildman–Crippen MR) is 139 cm³/mol. The van der Waals surface area contributed by atoms with Crippen molar-refractivity contribution in [3.8, 4) is 5.75 Å². The number of carbonyl (C=O) groups is 1. The first-order valence-electron chi connectivity index (χ1n) is 11.0. The maximum atomic E-state index is 12.4. The van der Waals surface area contributed by atoms with Gasteiger partial charge in [0.1, 0.15) is 5.75 Å². The van der Waals surface area contributed by atoms with Crippen LogP contribution in [0.25, 0.3) is 6.08 Å². The van der Waals surface area contributed by atoms with Crippen LogP contribution in [0.2, 0.25) is 0 Å². The average molecular weight is 506 g/mol. The summed E-state index contributed by atoms with van der Waals surface area (Å²) in [6.45, 7) is 5.07. The molecule has 1 saturated heterocycles. The third-order valence-corrected chi connectivity index (χ3v) is 6.22. The fraction of sp³-hybridized carbons (Fsp3) is 0.222. The Hall–Kier alpha value is -3.09. The lowest BCUT2D eigenvalue weighted by Crippen LogP contribution is -2.45. The number of hydrogen-bond acceptors (Lipinski definition) is 4. The molecule has 1 aliphatic heterocycles. The number of piperazine rings is 1. The van der Waals surface area contributed by atoms with Crippen molar-refractivity contribution >= 4 is 39.3 Å². The second kappa shape index (κ2) is 11.2. The Bertz CT molecular complexity index is 1090. The Labute approximate surface area is 203 Å². The molecule has 1 N–H and O–H groups in total. The predicted octanol–water partition coefficient (Wildman–Crippen LogP) is 5.43. The van der Waals surface area contributed by atoms with Crippen LogP contribution in [0.1, 0.15) is 11.1 Å². The van der Waals surface area contributed by atoms with E-state index in [0.717, 1.165) is 54.2 Å². The van der Waals surface area contributed by atoms with E-state index in [-0.39, 0.29) is 5.91 Å². The number of ether oxygens (including phenoxy) is 1. The van der Waals surface area contributed by atoms with Gasteiger partial charge in [0, 0.05) is 60.2 Å². The van der Waals surface area contributed by atoms with Gasteiger partial charge in [-0.2, -0.15) is 0 Å². The number of methoxy groups -OCH3 is 1. The Kier molecular flexibility index (Phi) is 7.81. The van der Waals surface area contributed by atoms with Crippen LogP contribution in [-0.2, 0) is 11.3 Å². The molecular weight excluding hydrogens is 478 g/mol. The molecule has 1 amide bonds. The van der Waals surface area contributed by atoms with Gasteiger partial charge in [-0.3, -0.25) is 9.69 Å². The second-order valence-corrected chi connectivity index (χ2v) is 8.92. The summed E-state index contributed by atoms with van der Waals surface area (Å²) in [5, 5.41) is 2.92. The monoisotopic (exact) mass is 505 g/mol. The molecule has 1 aliphatic rings. The molecule has 0 saturated carbocycles. The van der Waals surface area contributed by atoms with E-state index < -0.39 is 0 Å². The van der Waals surface area contributed by atoms with Crippen molar-refractivity contribution in [2.24, 2.45) is 0 Å². The molecular formula is C27H28BrN3O2. The van der Waals surface area contributed by atoms with E-state index in [1.54, 1.807) is 13.2 Å². The first-order valence-corrected chi connectivity index (χ1v) is 11.8. The van der Waals surface area contributed by atoms with Crippen LogP contribution in [0, 0.1) is 0 Å². The van der Waals surface area contributed by atoms with Gasteiger partial charge in [0.05, 0.1) is 7.11 Å². The third kappa shape index (κ3) is 6.46. The molecule has 3 aromatic rings. The van der Waals surface area contributed by atoms with E-state index in [1.165, 1.54) is 17.3 Å². The summed E-state index contributed by atoms with van der Waals surface area (Å²) in [6, 6.07) is 24.4. The van der Waals surface area contributed by atoms with E-state index in [2.05, 4.69) is 73.5 Å². The van der Waals surface area contributed by atoms with Crippen molar-refractivity contribution in [1.82, 2.24) is 4.90 Å². The van der Waals surface area contributed by atoms with Crippen molar-refractivity contribution in [1.29, 1.82) is 0 Å². The van der Waals surface area contributed by atoms with Crippen LogP contribution >= 0.6 is 15.9 Å². The van der Waals surface area contributed by atoms with Gasteiger partial charge in [0.2, 0.25) is 5.91 Å². The molecule has 5 nitrogen and oxygen atoms in total. The number of benzene rings is 3. The molecule has 0 radical (unpaired) electrons. The van der Waals surface area contributed by atoms with Gasteiger partial charge in [-0.05, 0) is 54.1 Å². The van der Waals surface area contributed by atoms with Crippen LogP contribution in [0.5, 0.6) is 5.75 Å². The lowest BCUT2D eigenvalue weighted by Gasteiger charge is -2.36. The lowest BCUT2D eigenvalue weighted by atomic mass is 10.2. The number of rotatable bonds is 7. The molecule has 0 unspecified atom stereocenters. The smallest absolute Gasteiger partial charge is 0.248 e. The van der Waals surface area contributed by atoms with Gasteiger partial charge in [-0.25, -0.2) is 0 Å². The molecule has 0 aromatic heterocycles. The summed E-state index contributed by atoms with van der Waals surface area (Å²) in [5.74, 6) is 0.537. The quantitative estimate of drug-likeness (QED) is 0.434. The second-order valence-electron chi connectivity index (χ2n) is 8.00. The van der Waals surface area contributed by atoms with E-state index in [0.29, 0.717) is 0 Å². The molecule has 4 rings (SSSR count). The Morgan fingerprint density at radius 2 is 1.73 bits per heavy atom. The topological polar surface area (TPSA) is 44.8 Å². The lowest BCUT2D eigenvalue weighted by molar-refractivity contribution is -0.111. The van der Waals surface area contributed by atoms with E-state index in [1.807, 2.05) is 30.3 Å². The molecule has 3 aromatic carbocycles. The Balaban J connectivity index is 1.29. The minimum atomic E-state index is -0.181. The van der Waals surface area contributed by atoms with Gasteiger partial charge in [0.15, 0.2) is 0 Å². The third-order valence-electron chi connectivity index (χ3n) is 5.73. The summed E-state index contributed by atoms with van der Waals surface area (Å²) in [7, 11) is 1.62. The van der Waals surface area contributed by atoms with Crippen molar-refractivity contribution < 1.29 is 9.53 Å². The van der Waals surface area contributed by atoms with Gasteiger partial charge < -0.3 is 15.0 Å². The van der Waals surface area contributed by atoms with Crippen LogP contribution in [-0.4, -0.2) is 44.1 Å². The highest BCUT2D eigenvalue weighted by atomic mass is 79.9. The maximum Gasteiger partial charge on any atom is 0.248 e. The summed E-state index contributed by atoms with van der Waals surface area (Å²) < 4.78 is 6.28. The maximum absolute atomic E-state index is 12.4. The van der Waals surface area contributed by atoms with Crippen LogP contribution in [0.3, 0.4) is 0 Å². The minimum Gasteiger partial charge on any atom is -0.496 e. The van der Waals surface area contributed by atoms with Gasteiger partial charge in [-0.1, -0.05) is 46.3 Å². The summed E-state index contributed by atoms with van der Waals surface area (Å²) >= 11 is 3.45. The van der Waals surface area contributed by atoms with Crippen molar-refractivity contribution in [2.45, 2.75) is 6.54 Å². The first-order chi connectivity index (χ1) is 16.1. The number of hydrogen-bond donors (Lipinski definition) is 1. The zero-order valence-electron chi connectivity index (χ0n) is 18.7. The summed E-state index contributed by atoms with van der Waals surface area (Å²) in [5.41, 5.74) is 4.15. The van der Waals surface area contributed by atoms with Crippen LogP contribution in [0.15, 0.2) is 83.3 Å². The zero-order chi connectivity index (χ0) is 23.0. The van der Waals surface area contributed by atoms with Crippen molar-refractivity contribution in [3.05, 3.63) is 94.5 Å². The fourth-order valence-electron chi connectivity index (χ4n) is 3.95. The molecule has 0 spiro atoms. The molecule has 0 atom stereocenters. The van der Waals surface area contributed by atoms with Crippen molar-refractivity contribution in [2.75, 3.05) is 43.5 Å². The molecule has 1 fully saturated rings. The van der Waals surface area contributed by atoms with Crippen molar-refractivity contribution in [3.63, 3.8) is 0 Å². The van der Waals surface area contributed by atoms with Gasteiger partial charge in [0.25, 0.3) is 0 Å². The molecule has 33 heavy (non-hydrogen) atoms. The highest BCUT2D eigenvalue weighted by molar-refractivity contribution is 9.10. The number of nitrogens with one attached hydrogen (secondary N) is 1. The molecule has 0 bridgehead atoms. The van der Waals surface area contributed by atoms with Gasteiger partial charge in [-0.15, -0.1) is 0 Å². The number of amides is 1. The standard InChI is InChI=1S/C27H28BrN3O2/c1-33-26-13-8-23(28)19-22(26)7-14-27(32)29-24-9-11-25(12-10-24)31-17-15-30(16-18-31)20-21-5-3-2-4-6-21/h2-14,19H,15-18,20H2,1H3,(H,29,32)/b14-7+. The fourth-order valence-corrected chi connectivity index (χ4v) is 4.33. The molecule has 0 aliphatic carbocycles. The highest BCUT2D eigenvalue weighted by Gasteiger charge is 2.17. The molecule has 170 valence electrons. The zero-order valence-corrected chi connectivity index (χ0v) is 20.3. The highest BCUT2D eigenvalue weighted by Crippen LogP contribution is 2.24. The van der Waals surface area contributed by atoms with E-state index in [9.17, 15) is 4.79 Å². The normalized spacial score (nSPS) is 14.4. The Morgan fingerprint density at radius 3 is 2.42 bits per heavy atom. The summed E-state index contributed by atoms with van der Waals surface area (Å²) in [4.78, 5) is 17.3. The number of carbonyl (C=O) groups excluding carboxylic acids is 1. The van der Waals surface area contributed by atoms with E-state index in [4.69, 9.17) is 4.74 Å². The number of nitrogens with zero attached hydrogens (tertiary/aromatic N) is 2. The largest absolute Gasteiger partial charge is 0.496 e.